The molecule has 9 heteroatoms. The van der Waals surface area contributed by atoms with E-state index in [1.54, 1.807) is 6.92 Å². The summed E-state index contributed by atoms with van der Waals surface area (Å²) < 4.78 is 1.36. The van der Waals surface area contributed by atoms with Gasteiger partial charge in [-0.05, 0) is 23.3 Å². The Hall–Kier alpha value is -2.91. The molecule has 3 N–H and O–H groups in total. The van der Waals surface area contributed by atoms with Gasteiger partial charge in [0.1, 0.15) is 5.82 Å². The molecule has 7 nitrogen and oxygen atoms in total. The molecule has 142 valence electrons. The van der Waals surface area contributed by atoms with Crippen molar-refractivity contribution >= 4 is 44.9 Å². The summed E-state index contributed by atoms with van der Waals surface area (Å²) in [6.45, 7) is 1.75. The lowest BCUT2D eigenvalue weighted by molar-refractivity contribution is -0.113. The van der Waals surface area contributed by atoms with Gasteiger partial charge in [-0.2, -0.15) is 0 Å². The Morgan fingerprint density at radius 3 is 2.86 bits per heavy atom. The number of fused-ring (bicyclic) bond motifs is 1. The van der Waals surface area contributed by atoms with Gasteiger partial charge in [-0.3, -0.25) is 4.79 Å². The summed E-state index contributed by atoms with van der Waals surface area (Å²) in [4.78, 5) is 17.6. The number of thiazole rings is 1. The summed E-state index contributed by atoms with van der Waals surface area (Å²) in [7, 11) is 0. The highest BCUT2D eigenvalue weighted by Gasteiger charge is 2.12. The molecule has 0 saturated carbocycles. The molecule has 2 heterocycles. The van der Waals surface area contributed by atoms with Gasteiger partial charge in [0.05, 0.1) is 5.75 Å². The third-order valence-electron chi connectivity index (χ3n) is 4.21. The lowest BCUT2D eigenvalue weighted by Crippen LogP contribution is -2.16. The summed E-state index contributed by atoms with van der Waals surface area (Å²) in [5.41, 5.74) is 1.24. The molecule has 0 atom stereocenters. The molecule has 0 saturated heterocycles. The first-order valence-corrected chi connectivity index (χ1v) is 10.4. The maximum Gasteiger partial charge on any atom is 0.236 e. The van der Waals surface area contributed by atoms with Crippen LogP contribution in [0.15, 0.2) is 53.8 Å². The maximum absolute atomic E-state index is 12.2. The first kappa shape index (κ1) is 18.5. The smallest absolute Gasteiger partial charge is 0.236 e. The fourth-order valence-electron chi connectivity index (χ4n) is 2.82. The zero-order valence-corrected chi connectivity index (χ0v) is 16.8. The molecule has 2 aromatic heterocycles. The van der Waals surface area contributed by atoms with Crippen LogP contribution in [0.25, 0.3) is 10.8 Å². The quantitative estimate of drug-likeness (QED) is 0.374. The molecule has 0 aliphatic carbocycles. The molecule has 0 aliphatic rings. The number of aryl methyl sites for hydroxylation is 1. The Labute approximate surface area is 170 Å². The fourth-order valence-corrected chi connectivity index (χ4v) is 4.37. The highest BCUT2D eigenvalue weighted by atomic mass is 32.2. The number of nitrogens with one attached hydrogen (secondary N) is 1. The second kappa shape index (κ2) is 7.99. The third-order valence-corrected chi connectivity index (χ3v) is 6.07. The molecule has 4 rings (SSSR count). The number of hydrogen-bond donors (Lipinski definition) is 2. The molecule has 0 bridgehead atoms. The Kier molecular flexibility index (Phi) is 5.27. The number of thioether (sulfide) groups is 1. The van der Waals surface area contributed by atoms with Gasteiger partial charge in [0.2, 0.25) is 11.1 Å². The molecule has 0 fully saturated rings. The molecular weight excluding hydrogens is 392 g/mol. The first-order chi connectivity index (χ1) is 13.6. The van der Waals surface area contributed by atoms with E-state index in [-0.39, 0.29) is 11.7 Å². The molecule has 28 heavy (non-hydrogen) atoms. The molecular formula is C19H18N6OS2. The number of hydrogen-bond acceptors (Lipinski definition) is 7. The van der Waals surface area contributed by atoms with Crippen molar-refractivity contribution in [3.05, 3.63) is 64.9 Å². The molecule has 4 aromatic rings. The summed E-state index contributed by atoms with van der Waals surface area (Å²) in [6, 6.07) is 14.6. The van der Waals surface area contributed by atoms with Crippen LogP contribution in [0.5, 0.6) is 0 Å². The number of nitrogens with zero attached hydrogens (tertiary/aromatic N) is 4. The van der Waals surface area contributed by atoms with Crippen LogP contribution in [0.4, 0.5) is 5.13 Å². The second-order valence-corrected chi connectivity index (χ2v) is 8.24. The summed E-state index contributed by atoms with van der Waals surface area (Å²) >= 11 is 2.72. The van der Waals surface area contributed by atoms with Gasteiger partial charge in [0, 0.05) is 17.5 Å². The van der Waals surface area contributed by atoms with Crippen LogP contribution in [0.3, 0.4) is 0 Å². The van der Waals surface area contributed by atoms with E-state index in [1.165, 1.54) is 44.1 Å². The first-order valence-electron chi connectivity index (χ1n) is 8.61. The van der Waals surface area contributed by atoms with Crippen LogP contribution in [-0.2, 0) is 11.2 Å². The van der Waals surface area contributed by atoms with Gasteiger partial charge in [-0.1, -0.05) is 54.2 Å². The molecule has 0 unspecified atom stereocenters. The van der Waals surface area contributed by atoms with Crippen molar-refractivity contribution in [1.82, 2.24) is 19.9 Å². The number of amides is 1. The van der Waals surface area contributed by atoms with Crippen molar-refractivity contribution in [3.8, 4) is 0 Å². The number of carbonyl (C=O) groups excluding carboxylic acids is 1. The lowest BCUT2D eigenvalue weighted by atomic mass is 10.0. The predicted octanol–water partition coefficient (Wildman–Crippen LogP) is 3.23. The molecule has 2 aromatic carbocycles. The van der Waals surface area contributed by atoms with E-state index in [2.05, 4.69) is 50.8 Å². The monoisotopic (exact) mass is 410 g/mol. The van der Waals surface area contributed by atoms with Gasteiger partial charge in [-0.15, -0.1) is 21.5 Å². The van der Waals surface area contributed by atoms with E-state index in [0.29, 0.717) is 16.1 Å². The van der Waals surface area contributed by atoms with Crippen molar-refractivity contribution in [2.75, 3.05) is 16.9 Å². The van der Waals surface area contributed by atoms with Crippen LogP contribution < -0.4 is 11.2 Å². The Bertz CT molecular complexity index is 1130. The molecule has 0 radical (unpaired) electrons. The third kappa shape index (κ3) is 4.00. The number of rotatable bonds is 6. The maximum atomic E-state index is 12.2. The number of nitrogens with two attached hydrogens (primary N) is 1. The van der Waals surface area contributed by atoms with Gasteiger partial charge >= 0.3 is 0 Å². The number of nitrogen functional groups attached to an aromatic ring is 1. The normalized spacial score (nSPS) is 11.0. The van der Waals surface area contributed by atoms with Gasteiger partial charge < -0.3 is 11.2 Å². The molecule has 0 spiro atoms. The van der Waals surface area contributed by atoms with Gasteiger partial charge in [0.25, 0.3) is 0 Å². The zero-order chi connectivity index (χ0) is 19.5. The van der Waals surface area contributed by atoms with Crippen molar-refractivity contribution < 1.29 is 4.79 Å². The number of benzene rings is 2. The van der Waals surface area contributed by atoms with Crippen molar-refractivity contribution in [2.24, 2.45) is 0 Å². The van der Waals surface area contributed by atoms with Gasteiger partial charge in [0.15, 0.2) is 5.13 Å². The summed E-state index contributed by atoms with van der Waals surface area (Å²) in [5.74, 6) is 6.42. The highest BCUT2D eigenvalue weighted by Crippen LogP contribution is 2.26. The van der Waals surface area contributed by atoms with E-state index >= 15 is 0 Å². The standard InChI is InChI=1S/C19H18N6OS2/c1-12-23-24-19(25(12)20)27-11-17(26)22-18-21-10-15(28-18)9-14-7-4-6-13-5-2-3-8-16(13)14/h2-8,10H,9,11,20H2,1H3,(H,21,22,26). The fraction of sp³-hybridized carbons (Fsp3) is 0.158. The van der Waals surface area contributed by atoms with Gasteiger partial charge in [-0.25, -0.2) is 9.66 Å². The lowest BCUT2D eigenvalue weighted by Gasteiger charge is -2.04. The summed E-state index contributed by atoms with van der Waals surface area (Å²) in [6.07, 6.45) is 2.59. The Balaban J connectivity index is 1.39. The van der Waals surface area contributed by atoms with E-state index in [1.807, 2.05) is 18.3 Å². The minimum atomic E-state index is -0.156. The van der Waals surface area contributed by atoms with Crippen molar-refractivity contribution in [3.63, 3.8) is 0 Å². The Morgan fingerprint density at radius 2 is 2.04 bits per heavy atom. The van der Waals surface area contributed by atoms with Crippen molar-refractivity contribution in [2.45, 2.75) is 18.5 Å². The van der Waals surface area contributed by atoms with Crippen LogP contribution in [0.2, 0.25) is 0 Å². The molecule has 1 amide bonds. The zero-order valence-electron chi connectivity index (χ0n) is 15.1. The van der Waals surface area contributed by atoms with Crippen LogP contribution in [-0.4, -0.2) is 31.5 Å². The largest absolute Gasteiger partial charge is 0.336 e. The molecule has 0 aliphatic heterocycles. The van der Waals surface area contributed by atoms with Crippen LogP contribution in [0, 0.1) is 6.92 Å². The van der Waals surface area contributed by atoms with Crippen LogP contribution in [0.1, 0.15) is 16.3 Å². The average Bonchev–Trinajstić information content (AvgIpc) is 3.27. The number of aromatic nitrogens is 4. The van der Waals surface area contributed by atoms with E-state index in [4.69, 9.17) is 5.84 Å². The van der Waals surface area contributed by atoms with Crippen LogP contribution >= 0.6 is 23.1 Å². The predicted molar refractivity (Wildman–Crippen MR) is 113 cm³/mol. The minimum Gasteiger partial charge on any atom is -0.336 e. The van der Waals surface area contributed by atoms with Crippen molar-refractivity contribution in [1.29, 1.82) is 0 Å². The number of anilines is 1. The highest BCUT2D eigenvalue weighted by molar-refractivity contribution is 7.99. The Morgan fingerprint density at radius 1 is 1.21 bits per heavy atom. The van der Waals surface area contributed by atoms with E-state index < -0.39 is 0 Å². The average molecular weight is 411 g/mol. The topological polar surface area (TPSA) is 98.7 Å². The number of carbonyl (C=O) groups is 1. The van der Waals surface area contributed by atoms with E-state index in [9.17, 15) is 4.79 Å². The second-order valence-electron chi connectivity index (χ2n) is 6.18. The summed E-state index contributed by atoms with van der Waals surface area (Å²) in [5, 5.41) is 14.2. The van der Waals surface area contributed by atoms with E-state index in [0.717, 1.165) is 11.3 Å². The minimum absolute atomic E-state index is 0.156. The SMILES string of the molecule is Cc1nnc(SCC(=O)Nc2ncc(Cc3cccc4ccccc34)s2)n1N.